The van der Waals surface area contributed by atoms with Gasteiger partial charge in [0.15, 0.2) is 5.82 Å². The second kappa shape index (κ2) is 6.10. The SMILES string of the molecule is O=C(NCc1ncon1)C(=O)N1CCCNCC1. The van der Waals surface area contributed by atoms with Gasteiger partial charge in [-0.15, -0.1) is 0 Å². The lowest BCUT2D eigenvalue weighted by atomic mass is 10.3. The lowest BCUT2D eigenvalue weighted by Crippen LogP contribution is -2.44. The Bertz CT molecular complexity index is 398. The van der Waals surface area contributed by atoms with Gasteiger partial charge in [-0.2, -0.15) is 4.98 Å². The molecule has 0 aliphatic carbocycles. The highest BCUT2D eigenvalue weighted by Crippen LogP contribution is 1.97. The summed E-state index contributed by atoms with van der Waals surface area (Å²) in [6.45, 7) is 2.82. The number of carbonyl (C=O) groups excluding carboxylic acids is 2. The van der Waals surface area contributed by atoms with Crippen molar-refractivity contribution in [3.63, 3.8) is 0 Å². The highest BCUT2D eigenvalue weighted by Gasteiger charge is 2.22. The van der Waals surface area contributed by atoms with Crippen molar-refractivity contribution in [1.29, 1.82) is 0 Å². The minimum absolute atomic E-state index is 0.0904. The van der Waals surface area contributed by atoms with Crippen LogP contribution in [0.15, 0.2) is 10.9 Å². The summed E-state index contributed by atoms with van der Waals surface area (Å²) in [4.78, 5) is 28.8. The van der Waals surface area contributed by atoms with E-state index in [0.29, 0.717) is 25.5 Å². The molecule has 2 rings (SSSR count). The molecule has 2 N–H and O–H groups in total. The van der Waals surface area contributed by atoms with E-state index in [2.05, 4.69) is 25.3 Å². The Kier molecular flexibility index (Phi) is 4.24. The predicted molar refractivity (Wildman–Crippen MR) is 60.2 cm³/mol. The molecule has 98 valence electrons. The second-order valence-corrected chi connectivity index (χ2v) is 3.93. The summed E-state index contributed by atoms with van der Waals surface area (Å²) in [6, 6.07) is 0. The molecule has 0 radical (unpaired) electrons. The Labute approximate surface area is 104 Å². The maximum atomic E-state index is 11.8. The summed E-state index contributed by atoms with van der Waals surface area (Å²) in [6.07, 6.45) is 2.02. The van der Waals surface area contributed by atoms with E-state index in [1.807, 2.05) is 0 Å². The Morgan fingerprint density at radius 3 is 3.11 bits per heavy atom. The number of amides is 2. The minimum Gasteiger partial charge on any atom is -0.343 e. The molecule has 1 aliphatic rings. The topological polar surface area (TPSA) is 100 Å². The van der Waals surface area contributed by atoms with Crippen LogP contribution in [0.25, 0.3) is 0 Å². The fourth-order valence-electron chi connectivity index (χ4n) is 1.70. The third-order valence-corrected chi connectivity index (χ3v) is 2.64. The van der Waals surface area contributed by atoms with E-state index < -0.39 is 11.8 Å². The molecule has 0 spiro atoms. The van der Waals surface area contributed by atoms with Gasteiger partial charge in [0.1, 0.15) is 0 Å². The monoisotopic (exact) mass is 253 g/mol. The van der Waals surface area contributed by atoms with Crippen LogP contribution < -0.4 is 10.6 Å². The van der Waals surface area contributed by atoms with Crippen molar-refractivity contribution in [2.45, 2.75) is 13.0 Å². The van der Waals surface area contributed by atoms with Gasteiger partial charge in [0.2, 0.25) is 6.39 Å². The summed E-state index contributed by atoms with van der Waals surface area (Å²) < 4.78 is 4.52. The molecule has 0 saturated carbocycles. The summed E-state index contributed by atoms with van der Waals surface area (Å²) in [5.74, 6) is -0.808. The van der Waals surface area contributed by atoms with Crippen LogP contribution in [0.3, 0.4) is 0 Å². The first-order valence-electron chi connectivity index (χ1n) is 5.80. The number of rotatable bonds is 2. The fourth-order valence-corrected chi connectivity index (χ4v) is 1.70. The largest absolute Gasteiger partial charge is 0.343 e. The zero-order valence-electron chi connectivity index (χ0n) is 9.89. The summed E-state index contributed by atoms with van der Waals surface area (Å²) in [5.41, 5.74) is 0. The van der Waals surface area contributed by atoms with E-state index in [1.54, 1.807) is 4.90 Å². The van der Waals surface area contributed by atoms with E-state index in [1.165, 1.54) is 6.39 Å². The van der Waals surface area contributed by atoms with Gasteiger partial charge in [-0.1, -0.05) is 5.16 Å². The molecule has 0 atom stereocenters. The Balaban J connectivity index is 1.82. The lowest BCUT2D eigenvalue weighted by Gasteiger charge is -2.18. The molecule has 2 amide bonds. The molecule has 2 heterocycles. The molecule has 1 aromatic rings. The van der Waals surface area contributed by atoms with Crippen LogP contribution in [-0.4, -0.2) is 53.0 Å². The maximum absolute atomic E-state index is 11.8. The first-order chi connectivity index (χ1) is 8.77. The molecule has 1 aromatic heterocycles. The van der Waals surface area contributed by atoms with Crippen LogP contribution in [0.5, 0.6) is 0 Å². The molecule has 18 heavy (non-hydrogen) atoms. The molecule has 0 unspecified atom stereocenters. The van der Waals surface area contributed by atoms with Crippen molar-refractivity contribution in [2.75, 3.05) is 26.2 Å². The highest BCUT2D eigenvalue weighted by molar-refractivity contribution is 6.34. The van der Waals surface area contributed by atoms with E-state index in [-0.39, 0.29) is 6.54 Å². The van der Waals surface area contributed by atoms with E-state index >= 15 is 0 Å². The average molecular weight is 253 g/mol. The Morgan fingerprint density at radius 1 is 1.44 bits per heavy atom. The van der Waals surface area contributed by atoms with Gasteiger partial charge in [-0.3, -0.25) is 9.59 Å². The fraction of sp³-hybridized carbons (Fsp3) is 0.600. The van der Waals surface area contributed by atoms with Gasteiger partial charge in [0, 0.05) is 19.6 Å². The number of nitrogens with zero attached hydrogens (tertiary/aromatic N) is 3. The van der Waals surface area contributed by atoms with E-state index in [4.69, 9.17) is 0 Å². The molecule has 1 fully saturated rings. The lowest BCUT2D eigenvalue weighted by molar-refractivity contribution is -0.145. The van der Waals surface area contributed by atoms with Crippen LogP contribution in [-0.2, 0) is 16.1 Å². The summed E-state index contributed by atoms with van der Waals surface area (Å²) >= 11 is 0. The predicted octanol–water partition coefficient (Wildman–Crippen LogP) is -1.49. The Hall–Kier alpha value is -1.96. The van der Waals surface area contributed by atoms with Gasteiger partial charge in [0.05, 0.1) is 6.54 Å². The molecule has 8 nitrogen and oxygen atoms in total. The molecule has 8 heteroatoms. The molecular weight excluding hydrogens is 238 g/mol. The number of hydrogen-bond donors (Lipinski definition) is 2. The Morgan fingerprint density at radius 2 is 2.33 bits per heavy atom. The summed E-state index contributed by atoms with van der Waals surface area (Å²) in [5, 5.41) is 9.17. The first-order valence-corrected chi connectivity index (χ1v) is 5.80. The second-order valence-electron chi connectivity index (χ2n) is 3.93. The smallest absolute Gasteiger partial charge is 0.311 e. The van der Waals surface area contributed by atoms with Gasteiger partial charge in [-0.05, 0) is 13.0 Å². The zero-order valence-corrected chi connectivity index (χ0v) is 9.89. The highest BCUT2D eigenvalue weighted by atomic mass is 16.5. The van der Waals surface area contributed by atoms with Crippen molar-refractivity contribution in [3.05, 3.63) is 12.2 Å². The molecular formula is C10H15N5O3. The molecule has 0 aromatic carbocycles. The zero-order chi connectivity index (χ0) is 12.8. The van der Waals surface area contributed by atoms with Crippen molar-refractivity contribution in [3.8, 4) is 0 Å². The first kappa shape index (κ1) is 12.5. The van der Waals surface area contributed by atoms with Crippen molar-refractivity contribution >= 4 is 11.8 Å². The minimum atomic E-state index is -0.637. The third-order valence-electron chi connectivity index (χ3n) is 2.64. The van der Waals surface area contributed by atoms with Crippen LogP contribution in [0.2, 0.25) is 0 Å². The molecule has 0 bridgehead atoms. The third kappa shape index (κ3) is 3.27. The van der Waals surface area contributed by atoms with E-state index in [9.17, 15) is 9.59 Å². The van der Waals surface area contributed by atoms with Crippen LogP contribution in [0.1, 0.15) is 12.2 Å². The van der Waals surface area contributed by atoms with Crippen LogP contribution >= 0.6 is 0 Å². The normalized spacial score (nSPS) is 16.1. The number of aromatic nitrogens is 2. The summed E-state index contributed by atoms with van der Waals surface area (Å²) in [7, 11) is 0. The molecule has 1 aliphatic heterocycles. The van der Waals surface area contributed by atoms with Gasteiger partial charge >= 0.3 is 11.8 Å². The van der Waals surface area contributed by atoms with Crippen LogP contribution in [0, 0.1) is 0 Å². The van der Waals surface area contributed by atoms with Gasteiger partial charge in [0.25, 0.3) is 0 Å². The number of nitrogens with one attached hydrogen (secondary N) is 2. The standard InChI is InChI=1S/C10H15N5O3/c16-9(12-6-8-13-7-18-14-8)10(17)15-4-1-2-11-3-5-15/h7,11H,1-6H2,(H,12,16). The average Bonchev–Trinajstić information content (AvgIpc) is 2.75. The van der Waals surface area contributed by atoms with Gasteiger partial charge in [-0.25, -0.2) is 0 Å². The molecule has 1 saturated heterocycles. The van der Waals surface area contributed by atoms with Crippen molar-refractivity contribution < 1.29 is 14.1 Å². The van der Waals surface area contributed by atoms with Crippen molar-refractivity contribution in [1.82, 2.24) is 25.7 Å². The maximum Gasteiger partial charge on any atom is 0.311 e. The van der Waals surface area contributed by atoms with E-state index in [0.717, 1.165) is 13.0 Å². The number of carbonyl (C=O) groups is 2. The quantitative estimate of drug-likeness (QED) is 0.623. The van der Waals surface area contributed by atoms with Gasteiger partial charge < -0.3 is 20.1 Å². The van der Waals surface area contributed by atoms with Crippen molar-refractivity contribution in [2.24, 2.45) is 0 Å². The van der Waals surface area contributed by atoms with Crippen LogP contribution in [0.4, 0.5) is 0 Å². The number of hydrogen-bond acceptors (Lipinski definition) is 6.